The van der Waals surface area contributed by atoms with Crippen LogP contribution in [-0.4, -0.2) is 35.5 Å². The minimum absolute atomic E-state index is 1.93. The molecule has 0 aromatic heterocycles. The molecule has 0 aliphatic heterocycles. The molecule has 0 aliphatic carbocycles. The number of ketones is 1. The van der Waals surface area contributed by atoms with Crippen molar-refractivity contribution in [3.63, 3.8) is 0 Å². The van der Waals surface area contributed by atoms with Gasteiger partial charge in [0, 0.05) is 0 Å². The zero-order valence-electron chi connectivity index (χ0n) is 8.35. The van der Waals surface area contributed by atoms with Crippen molar-refractivity contribution < 1.29 is 57.8 Å². The highest BCUT2D eigenvalue weighted by atomic mass is 35.5. The molecule has 0 aromatic rings. The molecule has 0 aliphatic rings. The van der Waals surface area contributed by atoms with E-state index in [0.29, 0.717) is 0 Å². The van der Waals surface area contributed by atoms with E-state index in [-0.39, 0.29) is 0 Å². The van der Waals surface area contributed by atoms with Gasteiger partial charge >= 0.3 is 35.5 Å². The topological polar surface area (TPSA) is 26.3 Å². The predicted octanol–water partition coefficient (Wildman–Crippen LogP) is 3.79. The van der Waals surface area contributed by atoms with Crippen molar-refractivity contribution >= 4 is 17.4 Å². The van der Waals surface area contributed by atoms with Crippen molar-refractivity contribution in [2.45, 2.75) is 29.7 Å². The Balaban J connectivity index is 5.45. The first-order valence-electron chi connectivity index (χ1n) is 3.88. The Bertz CT molecular complexity index is 381. The van der Waals surface area contributed by atoms with Crippen LogP contribution < -0.4 is 0 Å². The average Bonchev–Trinajstić information content (AvgIpc) is 2.11. The van der Waals surface area contributed by atoms with E-state index in [0.717, 1.165) is 0 Å². The maximum atomic E-state index is 12.7. The molecule has 0 amide bonds. The van der Waals surface area contributed by atoms with Crippen LogP contribution in [0.3, 0.4) is 0 Å². The Labute approximate surface area is 106 Å². The van der Waals surface area contributed by atoms with E-state index in [1.807, 2.05) is 4.74 Å². The van der Waals surface area contributed by atoms with Gasteiger partial charge in [-0.15, -0.1) is 0 Å². The molecule has 2 nitrogen and oxygen atoms in total. The summed E-state index contributed by atoms with van der Waals surface area (Å²) in [6.07, 6.45) is -20.1. The molecule has 1 atom stereocenters. The first-order chi connectivity index (χ1) is 8.36. The van der Waals surface area contributed by atoms with Gasteiger partial charge in [-0.1, -0.05) is 0 Å². The zero-order chi connectivity index (χ0) is 16.8. The Morgan fingerprint density at radius 3 is 1.40 bits per heavy atom. The van der Waals surface area contributed by atoms with E-state index >= 15 is 0 Å². The molecule has 0 aromatic carbocycles. The number of carbonyl (C=O) groups is 1. The summed E-state index contributed by atoms with van der Waals surface area (Å²) in [7, 11) is 0. The lowest BCUT2D eigenvalue weighted by Crippen LogP contribution is -2.57. The van der Waals surface area contributed by atoms with E-state index in [2.05, 4.69) is 11.6 Å². The van der Waals surface area contributed by atoms with Crippen LogP contribution >= 0.6 is 11.6 Å². The number of hydrogen-bond acceptors (Lipinski definition) is 2. The second-order valence-corrected chi connectivity index (χ2v) is 3.52. The van der Waals surface area contributed by atoms with Crippen molar-refractivity contribution in [2.24, 2.45) is 0 Å². The SMILES string of the molecule is O=C(C(F)(F)F)C(F)(Cl)OC(F)(F)C(F)(F)C(F)(F)F. The quantitative estimate of drug-likeness (QED) is 0.571. The lowest BCUT2D eigenvalue weighted by atomic mass is 10.3. The number of rotatable bonds is 4. The van der Waals surface area contributed by atoms with Crippen molar-refractivity contribution in [3.05, 3.63) is 0 Å². The standard InChI is InChI=1S/C6ClF11O2/c7-2(8,1(19)3(9,10)11)20-6(17,18)4(12,13)5(14,15)16. The Hall–Kier alpha value is -0.850. The van der Waals surface area contributed by atoms with Gasteiger partial charge in [0.05, 0.1) is 0 Å². The molecule has 0 spiro atoms. The number of ether oxygens (including phenoxy) is 1. The Morgan fingerprint density at radius 1 is 0.800 bits per heavy atom. The summed E-state index contributed by atoms with van der Waals surface area (Å²) in [5.41, 5.74) is 0. The predicted molar refractivity (Wildman–Crippen MR) is 37.8 cm³/mol. The van der Waals surface area contributed by atoms with Crippen LogP contribution in [0.2, 0.25) is 0 Å². The summed E-state index contributed by atoms with van der Waals surface area (Å²) in [6.45, 7) is 0. The van der Waals surface area contributed by atoms with Gasteiger partial charge in [0.15, 0.2) is 0 Å². The van der Waals surface area contributed by atoms with Crippen molar-refractivity contribution in [2.75, 3.05) is 0 Å². The van der Waals surface area contributed by atoms with Gasteiger partial charge in [0.25, 0.3) is 0 Å². The molecule has 120 valence electrons. The highest BCUT2D eigenvalue weighted by Gasteiger charge is 2.77. The minimum Gasteiger partial charge on any atom is -0.281 e. The molecular formula is C6ClF11O2. The summed E-state index contributed by atoms with van der Waals surface area (Å²) < 4.78 is 133. The molecule has 0 radical (unpaired) electrons. The maximum Gasteiger partial charge on any atom is 0.462 e. The summed E-state index contributed by atoms with van der Waals surface area (Å²) >= 11 is 3.87. The number of alkyl halides is 12. The van der Waals surface area contributed by atoms with Gasteiger partial charge < -0.3 is 0 Å². The lowest BCUT2D eigenvalue weighted by molar-refractivity contribution is -0.441. The maximum absolute atomic E-state index is 12.7. The number of halogens is 12. The third-order valence-electron chi connectivity index (χ3n) is 1.50. The molecule has 0 heterocycles. The van der Waals surface area contributed by atoms with Gasteiger partial charge in [0.2, 0.25) is 0 Å². The second kappa shape index (κ2) is 4.86. The van der Waals surface area contributed by atoms with Crippen LogP contribution in [-0.2, 0) is 9.53 Å². The van der Waals surface area contributed by atoms with E-state index in [4.69, 9.17) is 0 Å². The van der Waals surface area contributed by atoms with Gasteiger partial charge in [-0.25, -0.2) is 0 Å². The molecular weight excluding hydrogens is 348 g/mol. The molecule has 0 N–H and O–H groups in total. The monoisotopic (exact) mass is 348 g/mol. The van der Waals surface area contributed by atoms with E-state index in [9.17, 15) is 53.1 Å². The Kier molecular flexibility index (Phi) is 4.65. The van der Waals surface area contributed by atoms with Crippen molar-refractivity contribution in [1.82, 2.24) is 0 Å². The van der Waals surface area contributed by atoms with Crippen LogP contribution in [0.15, 0.2) is 0 Å². The van der Waals surface area contributed by atoms with Crippen LogP contribution in [0.5, 0.6) is 0 Å². The first-order valence-corrected chi connectivity index (χ1v) is 4.26. The molecule has 1 unspecified atom stereocenters. The zero-order valence-corrected chi connectivity index (χ0v) is 9.11. The third-order valence-corrected chi connectivity index (χ3v) is 1.75. The van der Waals surface area contributed by atoms with Crippen molar-refractivity contribution in [1.29, 1.82) is 0 Å². The van der Waals surface area contributed by atoms with Gasteiger partial charge in [-0.3, -0.25) is 9.53 Å². The highest BCUT2D eigenvalue weighted by Crippen LogP contribution is 2.49. The number of carbonyl (C=O) groups excluding carboxylic acids is 1. The van der Waals surface area contributed by atoms with E-state index in [1.165, 1.54) is 0 Å². The molecule has 14 heteroatoms. The summed E-state index contributed by atoms with van der Waals surface area (Å²) in [4.78, 5) is 10.1. The van der Waals surface area contributed by atoms with Crippen LogP contribution in [0.25, 0.3) is 0 Å². The van der Waals surface area contributed by atoms with E-state index in [1.54, 1.807) is 0 Å². The van der Waals surface area contributed by atoms with Gasteiger partial charge in [-0.05, 0) is 11.6 Å². The molecule has 0 saturated heterocycles. The fourth-order valence-electron chi connectivity index (χ4n) is 0.601. The highest BCUT2D eigenvalue weighted by molar-refractivity contribution is 6.33. The fourth-order valence-corrected chi connectivity index (χ4v) is 0.805. The minimum atomic E-state index is -7.10. The molecule has 0 rings (SSSR count). The third kappa shape index (κ3) is 3.62. The lowest BCUT2D eigenvalue weighted by Gasteiger charge is -2.30. The first kappa shape index (κ1) is 19.1. The van der Waals surface area contributed by atoms with Crippen molar-refractivity contribution in [3.8, 4) is 0 Å². The van der Waals surface area contributed by atoms with Gasteiger partial charge in [-0.2, -0.15) is 48.3 Å². The Morgan fingerprint density at radius 2 is 1.15 bits per heavy atom. The fraction of sp³-hybridized carbons (Fsp3) is 0.833. The molecule has 20 heavy (non-hydrogen) atoms. The van der Waals surface area contributed by atoms with Crippen LogP contribution in [0.1, 0.15) is 0 Å². The largest absolute Gasteiger partial charge is 0.462 e. The van der Waals surface area contributed by atoms with Crippen LogP contribution in [0.4, 0.5) is 48.3 Å². The molecule has 0 fully saturated rings. The van der Waals surface area contributed by atoms with Crippen LogP contribution in [0, 0.1) is 0 Å². The van der Waals surface area contributed by atoms with Gasteiger partial charge in [0.1, 0.15) is 0 Å². The number of Topliss-reactive ketones (excluding diaryl/α,β-unsaturated/α-hetero) is 1. The molecule has 0 bridgehead atoms. The smallest absolute Gasteiger partial charge is 0.281 e. The summed E-state index contributed by atoms with van der Waals surface area (Å²) in [5.74, 6) is -11.0. The summed E-state index contributed by atoms with van der Waals surface area (Å²) in [5, 5.41) is -5.67. The number of hydrogen-bond donors (Lipinski definition) is 0. The normalized spacial score (nSPS) is 17.8. The van der Waals surface area contributed by atoms with E-state index < -0.39 is 35.5 Å². The molecule has 0 saturated carbocycles. The average molecular weight is 348 g/mol. The second-order valence-electron chi connectivity index (χ2n) is 3.03. The summed E-state index contributed by atoms with van der Waals surface area (Å²) in [6, 6.07) is 0.